The first kappa shape index (κ1) is 13.2. The zero-order valence-corrected chi connectivity index (χ0v) is 11.0. The molecular weight excluding hydrogens is 291 g/mol. The maximum Gasteiger partial charge on any atom is 0.420 e. The fourth-order valence-corrected chi connectivity index (χ4v) is 2.34. The molecule has 1 aliphatic rings. The molecule has 0 aliphatic heterocycles. The zero-order chi connectivity index (χ0) is 14.3. The summed E-state index contributed by atoms with van der Waals surface area (Å²) in [7, 11) is 0. The Labute approximate surface area is 116 Å². The summed E-state index contributed by atoms with van der Waals surface area (Å²) in [4.78, 5) is 4.10. The molecule has 1 aliphatic carbocycles. The van der Waals surface area contributed by atoms with E-state index in [1.165, 1.54) is 12.1 Å². The molecule has 1 aromatic heterocycles. The van der Waals surface area contributed by atoms with Gasteiger partial charge in [0.2, 0.25) is 0 Å². The van der Waals surface area contributed by atoms with Crippen LogP contribution >= 0.6 is 11.5 Å². The Kier molecular flexibility index (Phi) is 3.04. The van der Waals surface area contributed by atoms with Crippen LogP contribution in [0, 0.1) is 0 Å². The zero-order valence-electron chi connectivity index (χ0n) is 10.1. The normalized spacial score (nSPS) is 15.3. The van der Waals surface area contributed by atoms with Crippen LogP contribution in [0.4, 0.5) is 18.9 Å². The van der Waals surface area contributed by atoms with Crippen LogP contribution in [0.25, 0.3) is 0 Å². The first-order valence-electron chi connectivity index (χ1n) is 5.91. The number of hydrogen-bond acceptors (Lipinski definition) is 5. The van der Waals surface area contributed by atoms with Crippen molar-refractivity contribution in [1.82, 2.24) is 9.36 Å². The SMILES string of the molecule is Nc1ccc(Oc2nc(C3CC3)ns2)c(C(F)(F)F)c1. The molecule has 4 nitrogen and oxygen atoms in total. The van der Waals surface area contributed by atoms with Crippen LogP contribution in [0.1, 0.15) is 30.1 Å². The van der Waals surface area contributed by atoms with Crippen LogP contribution < -0.4 is 10.5 Å². The van der Waals surface area contributed by atoms with Crippen LogP contribution in [0.3, 0.4) is 0 Å². The largest absolute Gasteiger partial charge is 0.429 e. The maximum atomic E-state index is 12.9. The molecular formula is C12H10F3N3OS. The lowest BCUT2D eigenvalue weighted by molar-refractivity contribution is -0.138. The van der Waals surface area contributed by atoms with Gasteiger partial charge in [-0.1, -0.05) is 0 Å². The van der Waals surface area contributed by atoms with Crippen LogP contribution in [0.2, 0.25) is 0 Å². The highest BCUT2D eigenvalue weighted by Gasteiger charge is 2.35. The van der Waals surface area contributed by atoms with Crippen molar-refractivity contribution in [1.29, 1.82) is 0 Å². The molecule has 0 atom stereocenters. The van der Waals surface area contributed by atoms with Crippen molar-refractivity contribution in [3.05, 3.63) is 29.6 Å². The van der Waals surface area contributed by atoms with E-state index in [2.05, 4.69) is 9.36 Å². The monoisotopic (exact) mass is 301 g/mol. The van der Waals surface area contributed by atoms with E-state index in [4.69, 9.17) is 10.5 Å². The molecule has 1 fully saturated rings. The predicted molar refractivity (Wildman–Crippen MR) is 67.8 cm³/mol. The summed E-state index contributed by atoms with van der Waals surface area (Å²) in [6, 6.07) is 3.39. The van der Waals surface area contributed by atoms with E-state index >= 15 is 0 Å². The molecule has 20 heavy (non-hydrogen) atoms. The maximum absolute atomic E-state index is 12.9. The minimum Gasteiger partial charge on any atom is -0.429 e. The standard InChI is InChI=1S/C12H10F3N3OS/c13-12(14,15)8-5-7(16)3-4-9(8)19-11-17-10(18-20-11)6-1-2-6/h3-6H,1-2,16H2. The number of anilines is 1. The Hall–Kier alpha value is -1.83. The number of rotatable bonds is 3. The van der Waals surface area contributed by atoms with E-state index in [-0.39, 0.29) is 16.6 Å². The third-order valence-corrected chi connectivity index (χ3v) is 3.48. The molecule has 0 saturated heterocycles. The van der Waals surface area contributed by atoms with Gasteiger partial charge in [0.25, 0.3) is 5.19 Å². The molecule has 1 heterocycles. The molecule has 0 amide bonds. The van der Waals surface area contributed by atoms with Gasteiger partial charge in [0, 0.05) is 23.1 Å². The van der Waals surface area contributed by atoms with Gasteiger partial charge in [0.1, 0.15) is 17.1 Å². The minimum absolute atomic E-state index is 0.0283. The van der Waals surface area contributed by atoms with Crippen LogP contribution in [-0.2, 0) is 6.18 Å². The summed E-state index contributed by atoms with van der Waals surface area (Å²) in [6.07, 6.45) is -2.49. The second-order valence-electron chi connectivity index (χ2n) is 4.55. The Morgan fingerprint density at radius 3 is 2.70 bits per heavy atom. The predicted octanol–water partition coefficient (Wildman–Crippen LogP) is 3.81. The molecule has 2 N–H and O–H groups in total. The average molecular weight is 301 g/mol. The van der Waals surface area contributed by atoms with Crippen LogP contribution in [0.15, 0.2) is 18.2 Å². The summed E-state index contributed by atoms with van der Waals surface area (Å²) in [5.41, 5.74) is 4.50. The van der Waals surface area contributed by atoms with Crippen LogP contribution in [-0.4, -0.2) is 9.36 Å². The summed E-state index contributed by atoms with van der Waals surface area (Å²) in [6.45, 7) is 0. The lowest BCUT2D eigenvalue weighted by atomic mass is 10.1. The molecule has 8 heteroatoms. The third kappa shape index (κ3) is 2.69. The molecule has 0 bridgehead atoms. The van der Waals surface area contributed by atoms with Gasteiger partial charge in [0.15, 0.2) is 0 Å². The Balaban J connectivity index is 1.89. The van der Waals surface area contributed by atoms with E-state index in [1.54, 1.807) is 0 Å². The van der Waals surface area contributed by atoms with E-state index in [0.717, 1.165) is 30.4 Å². The molecule has 3 rings (SSSR count). The first-order valence-corrected chi connectivity index (χ1v) is 6.69. The number of nitrogens with zero attached hydrogens (tertiary/aromatic N) is 2. The quantitative estimate of drug-likeness (QED) is 0.876. The average Bonchev–Trinajstić information content (AvgIpc) is 3.11. The van der Waals surface area contributed by atoms with Gasteiger partial charge in [-0.15, -0.1) is 0 Å². The number of benzene rings is 1. The molecule has 0 spiro atoms. The molecule has 1 saturated carbocycles. The van der Waals surface area contributed by atoms with Gasteiger partial charge in [-0.05, 0) is 31.0 Å². The molecule has 106 valence electrons. The molecule has 0 radical (unpaired) electrons. The van der Waals surface area contributed by atoms with Crippen molar-refractivity contribution in [2.24, 2.45) is 0 Å². The fraction of sp³-hybridized carbons (Fsp3) is 0.333. The van der Waals surface area contributed by atoms with Crippen molar-refractivity contribution in [2.45, 2.75) is 24.9 Å². The summed E-state index contributed by atoms with van der Waals surface area (Å²) < 4.78 is 48.0. The number of nitrogens with two attached hydrogens (primary N) is 1. The number of ether oxygens (including phenoxy) is 1. The molecule has 0 unspecified atom stereocenters. The number of alkyl halides is 3. The van der Waals surface area contributed by atoms with Crippen molar-refractivity contribution in [2.75, 3.05) is 5.73 Å². The lowest BCUT2D eigenvalue weighted by Gasteiger charge is -2.12. The topological polar surface area (TPSA) is 61.0 Å². The minimum atomic E-state index is -4.53. The Morgan fingerprint density at radius 2 is 2.05 bits per heavy atom. The number of aromatic nitrogens is 2. The molecule has 2 aromatic rings. The summed E-state index contributed by atoms with van der Waals surface area (Å²) in [5, 5.41) is 0.113. The van der Waals surface area contributed by atoms with Gasteiger partial charge in [-0.25, -0.2) is 0 Å². The van der Waals surface area contributed by atoms with Crippen molar-refractivity contribution < 1.29 is 17.9 Å². The second kappa shape index (κ2) is 4.62. The van der Waals surface area contributed by atoms with E-state index in [0.29, 0.717) is 11.7 Å². The molecule has 1 aromatic carbocycles. The first-order chi connectivity index (χ1) is 9.43. The van der Waals surface area contributed by atoms with Crippen molar-refractivity contribution in [3.8, 4) is 10.9 Å². The highest BCUT2D eigenvalue weighted by molar-refractivity contribution is 7.07. The number of halogens is 3. The van der Waals surface area contributed by atoms with Gasteiger partial charge >= 0.3 is 6.18 Å². The third-order valence-electron chi connectivity index (χ3n) is 2.87. The Morgan fingerprint density at radius 1 is 1.30 bits per heavy atom. The number of nitrogen functional groups attached to an aromatic ring is 1. The van der Waals surface area contributed by atoms with E-state index < -0.39 is 11.7 Å². The second-order valence-corrected chi connectivity index (χ2v) is 5.26. The van der Waals surface area contributed by atoms with Gasteiger partial charge in [-0.3, -0.25) is 0 Å². The fourth-order valence-electron chi connectivity index (χ4n) is 1.72. The van der Waals surface area contributed by atoms with Gasteiger partial charge in [-0.2, -0.15) is 22.5 Å². The van der Waals surface area contributed by atoms with E-state index in [1.807, 2.05) is 0 Å². The summed E-state index contributed by atoms with van der Waals surface area (Å²) in [5.74, 6) is 0.663. The smallest absolute Gasteiger partial charge is 0.420 e. The van der Waals surface area contributed by atoms with E-state index in [9.17, 15) is 13.2 Å². The number of hydrogen-bond donors (Lipinski definition) is 1. The highest BCUT2D eigenvalue weighted by Crippen LogP contribution is 2.42. The lowest BCUT2D eigenvalue weighted by Crippen LogP contribution is -2.08. The Bertz CT molecular complexity index is 637. The van der Waals surface area contributed by atoms with Crippen molar-refractivity contribution >= 4 is 17.2 Å². The van der Waals surface area contributed by atoms with Crippen LogP contribution in [0.5, 0.6) is 10.9 Å². The van der Waals surface area contributed by atoms with Gasteiger partial charge in [0.05, 0.1) is 0 Å². The van der Waals surface area contributed by atoms with Crippen molar-refractivity contribution in [3.63, 3.8) is 0 Å². The van der Waals surface area contributed by atoms with Gasteiger partial charge < -0.3 is 10.5 Å². The summed E-state index contributed by atoms with van der Waals surface area (Å²) >= 11 is 0.954. The highest BCUT2D eigenvalue weighted by atomic mass is 32.1.